The number of aromatic amines is 1. The van der Waals surface area contributed by atoms with Crippen molar-refractivity contribution in [1.82, 2.24) is 24.9 Å². The largest absolute Gasteiger partial charge is 0.342 e. The number of fused-ring (bicyclic) bond motifs is 1. The third-order valence-corrected chi connectivity index (χ3v) is 6.80. The van der Waals surface area contributed by atoms with Crippen LogP contribution in [-0.4, -0.2) is 33.3 Å². The maximum absolute atomic E-state index is 15.2. The van der Waals surface area contributed by atoms with Gasteiger partial charge in [0.25, 0.3) is 10.0 Å². The van der Waals surface area contributed by atoms with Crippen molar-refractivity contribution in [2.24, 2.45) is 0 Å². The van der Waals surface area contributed by atoms with Crippen molar-refractivity contribution in [3.8, 4) is 11.4 Å². The maximum Gasteiger partial charge on any atom is 0.262 e. The Labute approximate surface area is 189 Å². The molecule has 0 aliphatic heterocycles. The summed E-state index contributed by atoms with van der Waals surface area (Å²) in [5, 5.41) is 5.59. The first-order valence-electron chi connectivity index (χ1n) is 9.34. The molecule has 0 fully saturated rings. The summed E-state index contributed by atoms with van der Waals surface area (Å²) in [7, 11) is -4.04. The summed E-state index contributed by atoms with van der Waals surface area (Å²) >= 11 is 1.18. The van der Waals surface area contributed by atoms with E-state index in [9.17, 15) is 12.8 Å². The number of benzene rings is 1. The lowest BCUT2D eigenvalue weighted by atomic mass is 10.2. The second-order valence-electron chi connectivity index (χ2n) is 6.71. The molecule has 13 heteroatoms. The lowest BCUT2D eigenvalue weighted by molar-refractivity contribution is 0.588. The van der Waals surface area contributed by atoms with Gasteiger partial charge in [0, 0.05) is 11.6 Å². The third kappa shape index (κ3) is 3.99. The molecule has 0 saturated heterocycles. The summed E-state index contributed by atoms with van der Waals surface area (Å²) in [6.45, 7) is 0. The van der Waals surface area contributed by atoms with Crippen molar-refractivity contribution in [1.29, 1.82) is 0 Å². The molecule has 0 atom stereocenters. The predicted octanol–water partition coefficient (Wildman–Crippen LogP) is 4.30. The predicted molar refractivity (Wildman–Crippen MR) is 120 cm³/mol. The van der Waals surface area contributed by atoms with E-state index in [1.165, 1.54) is 41.5 Å². The van der Waals surface area contributed by atoms with E-state index in [4.69, 9.17) is 0 Å². The minimum absolute atomic E-state index is 0.0244. The number of rotatable bonds is 6. The quantitative estimate of drug-likeness (QED) is 0.327. The van der Waals surface area contributed by atoms with Gasteiger partial charge in [-0.1, -0.05) is 0 Å². The highest BCUT2D eigenvalue weighted by atomic mass is 32.2. The number of hydrogen-bond donors (Lipinski definition) is 3. The van der Waals surface area contributed by atoms with Gasteiger partial charge in [0.05, 0.1) is 28.7 Å². The lowest BCUT2D eigenvalue weighted by Gasteiger charge is -2.14. The van der Waals surface area contributed by atoms with Gasteiger partial charge in [-0.2, -0.15) is 11.3 Å². The highest BCUT2D eigenvalue weighted by Gasteiger charge is 2.22. The van der Waals surface area contributed by atoms with Gasteiger partial charge in [-0.25, -0.2) is 37.1 Å². The number of H-pyrrole nitrogens is 1. The summed E-state index contributed by atoms with van der Waals surface area (Å²) in [6, 6.07) is 6.59. The number of thiophene rings is 1. The molecule has 0 amide bonds. The van der Waals surface area contributed by atoms with Crippen LogP contribution in [0.15, 0.2) is 64.7 Å². The fourth-order valence-electron chi connectivity index (χ4n) is 3.02. The van der Waals surface area contributed by atoms with Crippen LogP contribution >= 0.6 is 11.3 Å². The van der Waals surface area contributed by atoms with Crippen molar-refractivity contribution in [3.63, 3.8) is 0 Å². The van der Waals surface area contributed by atoms with Gasteiger partial charge in [-0.05, 0) is 35.7 Å². The summed E-state index contributed by atoms with van der Waals surface area (Å²) in [5.41, 5.74) is 0.403. The van der Waals surface area contributed by atoms with E-state index in [-0.39, 0.29) is 16.5 Å². The molecule has 0 radical (unpaired) electrons. The molecular formula is C20H13F2N7O2S2. The summed E-state index contributed by atoms with van der Waals surface area (Å²) in [6.07, 6.45) is 4.43. The van der Waals surface area contributed by atoms with Crippen molar-refractivity contribution >= 4 is 49.7 Å². The Kier molecular flexibility index (Phi) is 5.18. The first-order valence-corrected chi connectivity index (χ1v) is 11.8. The van der Waals surface area contributed by atoms with Crippen LogP contribution < -0.4 is 10.0 Å². The third-order valence-electron chi connectivity index (χ3n) is 4.61. The minimum atomic E-state index is -4.04. The number of nitrogens with one attached hydrogen (secondary N) is 3. The Hall–Kier alpha value is -3.97. The fourth-order valence-corrected chi connectivity index (χ4v) is 5.11. The van der Waals surface area contributed by atoms with Crippen LogP contribution in [0.5, 0.6) is 0 Å². The molecule has 3 N–H and O–H groups in total. The van der Waals surface area contributed by atoms with Crippen LogP contribution in [-0.2, 0) is 10.0 Å². The molecule has 33 heavy (non-hydrogen) atoms. The van der Waals surface area contributed by atoms with Gasteiger partial charge in [0.15, 0.2) is 17.3 Å². The van der Waals surface area contributed by atoms with E-state index < -0.39 is 33.0 Å². The van der Waals surface area contributed by atoms with Gasteiger partial charge in [-0.3, -0.25) is 4.72 Å². The molecule has 0 aliphatic carbocycles. The molecule has 4 heterocycles. The lowest BCUT2D eigenvalue weighted by Crippen LogP contribution is -2.14. The molecule has 0 spiro atoms. The van der Waals surface area contributed by atoms with E-state index >= 15 is 4.39 Å². The van der Waals surface area contributed by atoms with Crippen LogP contribution in [0.3, 0.4) is 0 Å². The van der Waals surface area contributed by atoms with Crippen LogP contribution in [0.25, 0.3) is 22.6 Å². The first kappa shape index (κ1) is 20.9. The fraction of sp³-hybridized carbons (Fsp3) is 0. The molecule has 166 valence electrons. The van der Waals surface area contributed by atoms with Crippen molar-refractivity contribution in [3.05, 3.63) is 71.4 Å². The van der Waals surface area contributed by atoms with E-state index in [2.05, 4.69) is 35.0 Å². The second-order valence-corrected chi connectivity index (χ2v) is 9.17. The van der Waals surface area contributed by atoms with Gasteiger partial charge in [0.1, 0.15) is 22.8 Å². The van der Waals surface area contributed by atoms with Crippen LogP contribution in [0.4, 0.5) is 26.0 Å². The summed E-state index contributed by atoms with van der Waals surface area (Å²) in [4.78, 5) is 19.7. The molecule has 5 rings (SSSR count). The normalized spacial score (nSPS) is 11.6. The number of hydrogen-bond acceptors (Lipinski definition) is 8. The summed E-state index contributed by atoms with van der Waals surface area (Å²) in [5.74, 6) is -1.76. The van der Waals surface area contributed by atoms with Crippen LogP contribution in [0, 0.1) is 11.6 Å². The highest BCUT2D eigenvalue weighted by Crippen LogP contribution is 2.33. The molecule has 5 aromatic rings. The number of sulfonamides is 1. The zero-order valence-corrected chi connectivity index (χ0v) is 18.1. The van der Waals surface area contributed by atoms with Gasteiger partial charge in [-0.15, -0.1) is 0 Å². The average Bonchev–Trinajstić information content (AvgIpc) is 3.51. The molecule has 0 unspecified atom stereocenters. The van der Waals surface area contributed by atoms with Gasteiger partial charge >= 0.3 is 0 Å². The van der Waals surface area contributed by atoms with Gasteiger partial charge in [0.2, 0.25) is 0 Å². The molecule has 0 saturated carbocycles. The molecule has 0 bridgehead atoms. The van der Waals surface area contributed by atoms with Gasteiger partial charge < -0.3 is 10.3 Å². The van der Waals surface area contributed by atoms with E-state index in [1.54, 1.807) is 17.5 Å². The number of halogens is 2. The molecule has 1 aromatic carbocycles. The Balaban J connectivity index is 1.52. The maximum atomic E-state index is 15.2. The SMILES string of the molecule is O=S(=O)(Nc1ccc(F)c(Nc2ncccc2-c2ncc3[nH]cnc3n2)c1F)c1ccsc1. The molecule has 9 nitrogen and oxygen atoms in total. The van der Waals surface area contributed by atoms with E-state index in [1.807, 2.05) is 0 Å². The number of imidazole rings is 1. The molecule has 0 aliphatic rings. The first-order chi connectivity index (χ1) is 15.9. The van der Waals surface area contributed by atoms with Crippen LogP contribution in [0.1, 0.15) is 0 Å². The highest BCUT2D eigenvalue weighted by molar-refractivity contribution is 7.92. The average molecular weight is 486 g/mol. The van der Waals surface area contributed by atoms with Crippen molar-refractivity contribution in [2.75, 3.05) is 10.0 Å². The van der Waals surface area contributed by atoms with E-state index in [0.29, 0.717) is 16.7 Å². The topological polar surface area (TPSA) is 126 Å². The van der Waals surface area contributed by atoms with Crippen molar-refractivity contribution in [2.45, 2.75) is 4.90 Å². The Bertz CT molecular complexity index is 1570. The Morgan fingerprint density at radius 3 is 2.76 bits per heavy atom. The monoisotopic (exact) mass is 485 g/mol. The number of pyridine rings is 1. The number of anilines is 3. The second kappa shape index (κ2) is 8.18. The minimum Gasteiger partial charge on any atom is -0.342 e. The molecule has 4 aromatic heterocycles. The Morgan fingerprint density at radius 2 is 1.94 bits per heavy atom. The number of aromatic nitrogens is 5. The zero-order chi connectivity index (χ0) is 23.0. The zero-order valence-electron chi connectivity index (χ0n) is 16.5. The Morgan fingerprint density at radius 1 is 1.06 bits per heavy atom. The summed E-state index contributed by atoms with van der Waals surface area (Å²) < 4.78 is 56.9. The van der Waals surface area contributed by atoms with Crippen molar-refractivity contribution < 1.29 is 17.2 Å². The van der Waals surface area contributed by atoms with Crippen LogP contribution in [0.2, 0.25) is 0 Å². The molecular weight excluding hydrogens is 472 g/mol. The smallest absolute Gasteiger partial charge is 0.262 e. The standard InChI is InChI=1S/C20H13F2N7O2S2/c21-13-3-4-14(29-33(30,31)11-5-7-32-9-11)16(22)17(13)27-18-12(2-1-6-23-18)19-24-8-15-20(28-19)26-10-25-15/h1-10,29H,(H,23,27)(H,24,25,26,28). The number of nitrogens with zero attached hydrogens (tertiary/aromatic N) is 4. The van der Waals surface area contributed by atoms with E-state index in [0.717, 1.165) is 12.1 Å².